The molecular weight excluding hydrogens is 420 g/mol. The molecule has 11 atom stereocenters. The lowest BCUT2D eigenvalue weighted by molar-refractivity contribution is -0.351. The summed E-state index contributed by atoms with van der Waals surface area (Å²) < 4.78 is 16.1. The Labute approximate surface area is 157 Å². The van der Waals surface area contributed by atoms with Crippen molar-refractivity contribution < 1.29 is 50.0 Å². The molecule has 3 aliphatic rings. The first-order valence-corrected chi connectivity index (χ1v) is 9.03. The molecule has 10 nitrogen and oxygen atoms in total. The maximum atomic E-state index is 10.8. The standard InChI is InChI=1S/C15H23BrO10/c1-14(22)9-13(24-3-2-15(9,23)11(21)10(14)16)26-12-8(20)7(19)6(18)5(4-17)25-12/h2-3,5-13,17-23H,4H2,1H3/t5-,6-,7+,8-,9?,10-,11-,12+,13+,14-,15+/m1/s1. The Morgan fingerprint density at radius 1 is 1.08 bits per heavy atom. The minimum Gasteiger partial charge on any atom is -0.472 e. The fraction of sp³-hybridized carbons (Fsp3) is 0.867. The molecule has 1 unspecified atom stereocenters. The second-order valence-corrected chi connectivity index (χ2v) is 8.06. The monoisotopic (exact) mass is 442 g/mol. The van der Waals surface area contributed by atoms with Gasteiger partial charge in [-0.15, -0.1) is 0 Å². The highest BCUT2D eigenvalue weighted by molar-refractivity contribution is 9.09. The molecule has 3 rings (SSSR count). The van der Waals surface area contributed by atoms with Gasteiger partial charge in [-0.1, -0.05) is 15.9 Å². The number of alkyl halides is 1. The van der Waals surface area contributed by atoms with Crippen LogP contribution in [-0.2, 0) is 14.2 Å². The topological polar surface area (TPSA) is 169 Å². The first-order valence-electron chi connectivity index (χ1n) is 8.11. The molecule has 0 aromatic rings. The quantitative estimate of drug-likeness (QED) is 0.222. The zero-order valence-electron chi connectivity index (χ0n) is 13.8. The molecule has 7 N–H and O–H groups in total. The third-order valence-electron chi connectivity index (χ3n) is 5.37. The smallest absolute Gasteiger partial charge is 0.210 e. The summed E-state index contributed by atoms with van der Waals surface area (Å²) in [7, 11) is 0. The van der Waals surface area contributed by atoms with E-state index in [2.05, 4.69) is 15.9 Å². The van der Waals surface area contributed by atoms with Gasteiger partial charge in [-0.2, -0.15) is 0 Å². The van der Waals surface area contributed by atoms with Gasteiger partial charge in [0.1, 0.15) is 36.1 Å². The van der Waals surface area contributed by atoms with Gasteiger partial charge in [-0.05, 0) is 13.0 Å². The highest BCUT2D eigenvalue weighted by Gasteiger charge is 2.68. The highest BCUT2D eigenvalue weighted by Crippen LogP contribution is 2.52. The van der Waals surface area contributed by atoms with Gasteiger partial charge in [0.05, 0.1) is 29.2 Å². The van der Waals surface area contributed by atoms with E-state index in [1.165, 1.54) is 13.0 Å². The van der Waals surface area contributed by atoms with E-state index >= 15 is 0 Å². The van der Waals surface area contributed by atoms with Crippen LogP contribution in [0.4, 0.5) is 0 Å². The molecule has 0 aromatic heterocycles. The van der Waals surface area contributed by atoms with Crippen LogP contribution in [0.1, 0.15) is 6.92 Å². The van der Waals surface area contributed by atoms with E-state index in [-0.39, 0.29) is 0 Å². The summed E-state index contributed by atoms with van der Waals surface area (Å²) in [5.41, 5.74) is -3.55. The van der Waals surface area contributed by atoms with Gasteiger partial charge < -0.3 is 50.0 Å². The number of fused-ring (bicyclic) bond motifs is 1. The van der Waals surface area contributed by atoms with Crippen LogP contribution < -0.4 is 0 Å². The lowest BCUT2D eigenvalue weighted by atomic mass is 9.81. The van der Waals surface area contributed by atoms with Crippen molar-refractivity contribution in [1.29, 1.82) is 0 Å². The zero-order chi connectivity index (χ0) is 19.4. The van der Waals surface area contributed by atoms with Gasteiger partial charge in [0, 0.05) is 0 Å². The Hall–Kier alpha value is -0.340. The van der Waals surface area contributed by atoms with Crippen LogP contribution >= 0.6 is 15.9 Å². The fourth-order valence-electron chi connectivity index (χ4n) is 3.80. The SMILES string of the molecule is C[C@@]1(O)C2[C@H](O[C@@H]3O[C@H](CO)[C@@H](O)[C@H](O)[C@H]3O)OC=C[C@@]2(O)[C@H](O)[C@H]1Br. The summed E-state index contributed by atoms with van der Waals surface area (Å²) in [5.74, 6) is -1.17. The number of rotatable bonds is 3. The van der Waals surface area contributed by atoms with E-state index in [1.807, 2.05) is 0 Å². The molecule has 0 amide bonds. The Kier molecular flexibility index (Phi) is 5.43. The summed E-state index contributed by atoms with van der Waals surface area (Å²) in [6, 6.07) is 0. The Morgan fingerprint density at radius 2 is 1.73 bits per heavy atom. The van der Waals surface area contributed by atoms with E-state index in [4.69, 9.17) is 14.2 Å². The molecular formula is C15H23BrO10. The van der Waals surface area contributed by atoms with E-state index in [0.717, 1.165) is 6.26 Å². The molecule has 1 saturated carbocycles. The van der Waals surface area contributed by atoms with Crippen LogP contribution in [0.2, 0.25) is 0 Å². The summed E-state index contributed by atoms with van der Waals surface area (Å²) in [5, 5.41) is 70.9. The summed E-state index contributed by atoms with van der Waals surface area (Å²) >= 11 is 3.16. The molecule has 26 heavy (non-hydrogen) atoms. The van der Waals surface area contributed by atoms with Crippen molar-refractivity contribution in [2.75, 3.05) is 6.61 Å². The van der Waals surface area contributed by atoms with Crippen molar-refractivity contribution in [3.05, 3.63) is 12.3 Å². The maximum Gasteiger partial charge on any atom is 0.210 e. The van der Waals surface area contributed by atoms with Crippen LogP contribution in [0, 0.1) is 5.92 Å². The van der Waals surface area contributed by atoms with Crippen LogP contribution in [0.3, 0.4) is 0 Å². The molecule has 1 saturated heterocycles. The number of ether oxygens (including phenoxy) is 3. The Bertz CT molecular complexity index is 557. The van der Waals surface area contributed by atoms with Crippen LogP contribution in [0.5, 0.6) is 0 Å². The predicted octanol–water partition coefficient (Wildman–Crippen LogP) is -3.09. The maximum absolute atomic E-state index is 10.8. The lowest BCUT2D eigenvalue weighted by Crippen LogP contribution is -2.62. The zero-order valence-corrected chi connectivity index (χ0v) is 15.4. The summed E-state index contributed by atoms with van der Waals surface area (Å²) in [4.78, 5) is -0.905. The number of hydrogen-bond donors (Lipinski definition) is 7. The molecule has 0 radical (unpaired) electrons. The minimum absolute atomic E-state index is 0.635. The Balaban J connectivity index is 1.85. The molecule has 0 aromatic carbocycles. The van der Waals surface area contributed by atoms with Crippen molar-refractivity contribution in [3.63, 3.8) is 0 Å². The fourth-order valence-corrected chi connectivity index (χ4v) is 4.51. The van der Waals surface area contributed by atoms with Crippen molar-refractivity contribution in [2.24, 2.45) is 5.92 Å². The van der Waals surface area contributed by atoms with Gasteiger partial charge in [-0.3, -0.25) is 0 Å². The third-order valence-corrected chi connectivity index (χ3v) is 6.80. The van der Waals surface area contributed by atoms with Crippen molar-refractivity contribution in [1.82, 2.24) is 0 Å². The predicted molar refractivity (Wildman–Crippen MR) is 86.7 cm³/mol. The normalized spacial score (nSPS) is 56.9. The molecule has 0 bridgehead atoms. The van der Waals surface area contributed by atoms with Gasteiger partial charge in [-0.25, -0.2) is 0 Å². The average molecular weight is 443 g/mol. The number of aliphatic hydroxyl groups excluding tert-OH is 5. The van der Waals surface area contributed by atoms with Crippen molar-refractivity contribution >= 4 is 15.9 Å². The molecule has 2 fully saturated rings. The number of halogens is 1. The average Bonchev–Trinajstić information content (AvgIpc) is 2.73. The van der Waals surface area contributed by atoms with Crippen LogP contribution in [-0.4, -0.2) is 101 Å². The molecule has 150 valence electrons. The molecule has 11 heteroatoms. The van der Waals surface area contributed by atoms with Crippen molar-refractivity contribution in [3.8, 4) is 0 Å². The highest BCUT2D eigenvalue weighted by atomic mass is 79.9. The van der Waals surface area contributed by atoms with Gasteiger partial charge in [0.15, 0.2) is 6.29 Å². The largest absolute Gasteiger partial charge is 0.472 e. The first-order chi connectivity index (χ1) is 12.1. The summed E-state index contributed by atoms with van der Waals surface area (Å²) in [6.07, 6.45) is -8.03. The summed E-state index contributed by atoms with van der Waals surface area (Å²) in [6.45, 7) is 0.744. The van der Waals surface area contributed by atoms with Crippen molar-refractivity contribution in [2.45, 2.75) is 66.1 Å². The van der Waals surface area contributed by atoms with Crippen LogP contribution in [0.25, 0.3) is 0 Å². The third kappa shape index (κ3) is 2.91. The van der Waals surface area contributed by atoms with Gasteiger partial charge >= 0.3 is 0 Å². The second kappa shape index (κ2) is 6.92. The number of hydrogen-bond acceptors (Lipinski definition) is 10. The second-order valence-electron chi connectivity index (χ2n) is 7.08. The van der Waals surface area contributed by atoms with E-state index in [0.29, 0.717) is 0 Å². The molecule has 1 aliphatic carbocycles. The van der Waals surface area contributed by atoms with Gasteiger partial charge in [0.25, 0.3) is 0 Å². The number of aliphatic hydroxyl groups is 7. The minimum atomic E-state index is -1.88. The first kappa shape index (κ1) is 20.4. The van der Waals surface area contributed by atoms with Crippen LogP contribution in [0.15, 0.2) is 12.3 Å². The van der Waals surface area contributed by atoms with E-state index < -0.39 is 71.7 Å². The Morgan fingerprint density at radius 3 is 2.35 bits per heavy atom. The van der Waals surface area contributed by atoms with E-state index in [1.54, 1.807) is 0 Å². The van der Waals surface area contributed by atoms with E-state index in [9.17, 15) is 35.7 Å². The lowest BCUT2D eigenvalue weighted by Gasteiger charge is -2.45. The van der Waals surface area contributed by atoms with Gasteiger partial charge in [0.2, 0.25) is 6.29 Å². The molecule has 2 heterocycles. The molecule has 2 aliphatic heterocycles. The molecule has 0 spiro atoms.